The van der Waals surface area contributed by atoms with E-state index in [9.17, 15) is 14.4 Å². The first-order chi connectivity index (χ1) is 21.4. The zero-order valence-electron chi connectivity index (χ0n) is 25.9. The topological polar surface area (TPSA) is 125 Å². The lowest BCUT2D eigenvalue weighted by molar-refractivity contribution is -0.137. The fraction of sp³-hybridized carbons (Fsp3) is 0.531. The van der Waals surface area contributed by atoms with Crippen LogP contribution in [0.25, 0.3) is 21.9 Å². The molecule has 0 bridgehead atoms. The minimum absolute atomic E-state index is 0.0278. The molecule has 12 nitrogen and oxygen atoms in total. The molecule has 238 valence electrons. The lowest BCUT2D eigenvalue weighted by Crippen LogP contribution is -2.39. The van der Waals surface area contributed by atoms with Crippen LogP contribution in [0.1, 0.15) is 33.6 Å². The number of fused-ring (bicyclic) bond motifs is 3. The summed E-state index contributed by atoms with van der Waals surface area (Å²) in [5, 5.41) is 0.946. The summed E-state index contributed by atoms with van der Waals surface area (Å²) in [5.74, 6) is -0.340. The number of pyridine rings is 1. The van der Waals surface area contributed by atoms with Crippen LogP contribution in [-0.2, 0) is 39.9 Å². The summed E-state index contributed by atoms with van der Waals surface area (Å²) in [6.07, 6.45) is 5.14. The zero-order valence-corrected chi connectivity index (χ0v) is 25.9. The molecule has 1 aromatic carbocycles. The number of para-hydroxylation sites is 1. The maximum absolute atomic E-state index is 13.7. The third-order valence-electron chi connectivity index (χ3n) is 6.93. The largest absolute Gasteiger partial charge is 0.379 e. The number of benzene rings is 1. The standard InChI is InChI=1S/C32H43N5O7/c1-4-14-41-16-18-43-20-21-44-19-17-42-15-13-37(29(40)11-12-36-27(38)9-10-28(36)39)32-30-31(35(23-33-30)22-24(2)3)25-7-5-6-8-26(25)34-32/h5-10,23-24H,4,11-22H2,1-3H3. The van der Waals surface area contributed by atoms with E-state index in [1.54, 1.807) is 11.2 Å². The quantitative estimate of drug-likeness (QED) is 0.140. The van der Waals surface area contributed by atoms with Gasteiger partial charge in [-0.3, -0.25) is 24.2 Å². The van der Waals surface area contributed by atoms with E-state index in [0.717, 1.165) is 40.9 Å². The van der Waals surface area contributed by atoms with Crippen LogP contribution in [0, 0.1) is 5.92 Å². The molecule has 4 rings (SSSR count). The van der Waals surface area contributed by atoms with Gasteiger partial charge in [-0.2, -0.15) is 0 Å². The molecule has 0 N–H and O–H groups in total. The van der Waals surface area contributed by atoms with Crippen molar-refractivity contribution in [3.05, 3.63) is 42.7 Å². The number of imidazole rings is 1. The van der Waals surface area contributed by atoms with Crippen molar-refractivity contribution in [2.45, 2.75) is 40.2 Å². The predicted octanol–water partition coefficient (Wildman–Crippen LogP) is 3.37. The zero-order chi connectivity index (χ0) is 31.3. The molecule has 1 aliphatic heterocycles. The molecule has 3 amide bonds. The van der Waals surface area contributed by atoms with Gasteiger partial charge < -0.3 is 23.5 Å². The average molecular weight is 610 g/mol. The SMILES string of the molecule is CCCOCCOCCOCCOCCN(C(=O)CCN1C(=O)C=CC1=O)c1nc2ccccc2c2c1ncn2CC(C)C. The lowest BCUT2D eigenvalue weighted by atomic mass is 10.1. The van der Waals surface area contributed by atoms with E-state index in [1.807, 2.05) is 24.3 Å². The Bertz CT molecular complexity index is 1420. The van der Waals surface area contributed by atoms with Crippen molar-refractivity contribution in [3.8, 4) is 0 Å². The van der Waals surface area contributed by atoms with E-state index in [-0.39, 0.29) is 32.0 Å². The number of nitrogens with zero attached hydrogens (tertiary/aromatic N) is 5. The van der Waals surface area contributed by atoms with Crippen molar-refractivity contribution in [1.29, 1.82) is 0 Å². The van der Waals surface area contributed by atoms with E-state index >= 15 is 0 Å². The van der Waals surface area contributed by atoms with Crippen molar-refractivity contribution in [2.75, 3.05) is 70.8 Å². The molecule has 3 heterocycles. The number of carbonyl (C=O) groups is 3. The van der Waals surface area contributed by atoms with Crippen molar-refractivity contribution in [2.24, 2.45) is 5.92 Å². The first-order valence-corrected chi connectivity index (χ1v) is 15.3. The molecule has 3 aromatic rings. The van der Waals surface area contributed by atoms with Crippen LogP contribution < -0.4 is 4.90 Å². The van der Waals surface area contributed by atoms with E-state index in [4.69, 9.17) is 28.9 Å². The highest BCUT2D eigenvalue weighted by atomic mass is 16.6. The molecule has 0 spiro atoms. The maximum Gasteiger partial charge on any atom is 0.253 e. The summed E-state index contributed by atoms with van der Waals surface area (Å²) in [5.41, 5.74) is 2.25. The second-order valence-corrected chi connectivity index (χ2v) is 10.8. The second kappa shape index (κ2) is 17.0. The van der Waals surface area contributed by atoms with Crippen molar-refractivity contribution in [3.63, 3.8) is 0 Å². The van der Waals surface area contributed by atoms with Crippen LogP contribution in [0.4, 0.5) is 5.82 Å². The lowest BCUT2D eigenvalue weighted by Gasteiger charge is -2.24. The fourth-order valence-corrected chi connectivity index (χ4v) is 4.89. The second-order valence-electron chi connectivity index (χ2n) is 10.8. The van der Waals surface area contributed by atoms with Gasteiger partial charge >= 0.3 is 0 Å². The Morgan fingerprint density at radius 2 is 1.50 bits per heavy atom. The summed E-state index contributed by atoms with van der Waals surface area (Å²) in [6, 6.07) is 7.79. The number of imide groups is 1. The Balaban J connectivity index is 1.42. The van der Waals surface area contributed by atoms with Crippen LogP contribution in [0.3, 0.4) is 0 Å². The van der Waals surface area contributed by atoms with Crippen LogP contribution in [0.2, 0.25) is 0 Å². The van der Waals surface area contributed by atoms with Gasteiger partial charge in [0, 0.05) is 43.7 Å². The monoisotopic (exact) mass is 609 g/mol. The van der Waals surface area contributed by atoms with Crippen LogP contribution in [-0.4, -0.2) is 103 Å². The molecule has 12 heteroatoms. The smallest absolute Gasteiger partial charge is 0.253 e. The van der Waals surface area contributed by atoms with Gasteiger partial charge in [-0.15, -0.1) is 0 Å². The number of hydrogen-bond acceptors (Lipinski definition) is 9. The molecule has 2 aromatic heterocycles. The normalized spacial score (nSPS) is 13.3. The van der Waals surface area contributed by atoms with Gasteiger partial charge in [0.25, 0.3) is 11.8 Å². The van der Waals surface area contributed by atoms with E-state index in [0.29, 0.717) is 56.9 Å². The molecular weight excluding hydrogens is 566 g/mol. The van der Waals surface area contributed by atoms with E-state index < -0.39 is 11.8 Å². The fourth-order valence-electron chi connectivity index (χ4n) is 4.89. The average Bonchev–Trinajstić information content (AvgIpc) is 3.57. The van der Waals surface area contributed by atoms with Gasteiger partial charge in [-0.05, 0) is 18.4 Å². The predicted molar refractivity (Wildman–Crippen MR) is 166 cm³/mol. The number of rotatable bonds is 20. The molecule has 1 aliphatic rings. The number of anilines is 1. The minimum atomic E-state index is -0.424. The molecule has 0 saturated heterocycles. The van der Waals surface area contributed by atoms with Crippen molar-refractivity contribution in [1.82, 2.24) is 19.4 Å². The molecule has 0 aliphatic carbocycles. The summed E-state index contributed by atoms with van der Waals surface area (Å²) in [6.45, 7) is 11.0. The maximum atomic E-state index is 13.7. The Hall–Kier alpha value is -3.71. The Morgan fingerprint density at radius 3 is 2.14 bits per heavy atom. The minimum Gasteiger partial charge on any atom is -0.379 e. The van der Waals surface area contributed by atoms with Crippen molar-refractivity contribution >= 4 is 45.5 Å². The summed E-state index contributed by atoms with van der Waals surface area (Å²) in [7, 11) is 0. The number of aromatic nitrogens is 3. The molecule has 0 radical (unpaired) electrons. The van der Waals surface area contributed by atoms with Crippen LogP contribution in [0.15, 0.2) is 42.7 Å². The highest BCUT2D eigenvalue weighted by Crippen LogP contribution is 2.31. The highest BCUT2D eigenvalue weighted by molar-refractivity contribution is 6.13. The molecule has 0 unspecified atom stereocenters. The van der Waals surface area contributed by atoms with Gasteiger partial charge in [-0.25, -0.2) is 9.97 Å². The molecule has 0 fully saturated rings. The molecule has 0 saturated carbocycles. The highest BCUT2D eigenvalue weighted by Gasteiger charge is 2.27. The number of ether oxygens (including phenoxy) is 4. The number of amides is 3. The summed E-state index contributed by atoms with van der Waals surface area (Å²) in [4.78, 5) is 50.1. The van der Waals surface area contributed by atoms with Gasteiger partial charge in [0.05, 0.1) is 70.2 Å². The molecular formula is C32H43N5O7. The third-order valence-corrected chi connectivity index (χ3v) is 6.93. The van der Waals surface area contributed by atoms with E-state index in [2.05, 4.69) is 25.3 Å². The molecule has 0 atom stereocenters. The summed E-state index contributed by atoms with van der Waals surface area (Å²) < 4.78 is 24.3. The first kappa shape index (κ1) is 33.2. The van der Waals surface area contributed by atoms with Gasteiger partial charge in [0.15, 0.2) is 5.82 Å². The Labute approximate surface area is 257 Å². The van der Waals surface area contributed by atoms with Gasteiger partial charge in [-0.1, -0.05) is 39.0 Å². The first-order valence-electron chi connectivity index (χ1n) is 15.3. The number of carbonyl (C=O) groups excluding carboxylic acids is 3. The van der Waals surface area contributed by atoms with Crippen molar-refractivity contribution < 1.29 is 33.3 Å². The Kier molecular flexibility index (Phi) is 12.8. The Morgan fingerprint density at radius 1 is 0.886 bits per heavy atom. The number of hydrogen-bond donors (Lipinski definition) is 0. The van der Waals surface area contributed by atoms with Gasteiger partial charge in [0.1, 0.15) is 5.52 Å². The van der Waals surface area contributed by atoms with Crippen LogP contribution in [0.5, 0.6) is 0 Å². The van der Waals surface area contributed by atoms with Gasteiger partial charge in [0.2, 0.25) is 5.91 Å². The van der Waals surface area contributed by atoms with Crippen LogP contribution >= 0.6 is 0 Å². The molecule has 44 heavy (non-hydrogen) atoms. The summed E-state index contributed by atoms with van der Waals surface area (Å²) >= 11 is 0. The third kappa shape index (κ3) is 8.91. The van der Waals surface area contributed by atoms with E-state index in [1.165, 1.54) is 12.2 Å².